The molecule has 0 amide bonds. The maximum Gasteiger partial charge on any atom is 0.303 e. The average molecular weight is 530 g/mol. The molecule has 0 aromatic carbocycles. The van der Waals surface area contributed by atoms with Gasteiger partial charge in [0, 0.05) is 34.3 Å². The molecule has 29 heavy (non-hydrogen) atoms. The first kappa shape index (κ1) is 25.6. The van der Waals surface area contributed by atoms with E-state index in [0.717, 1.165) is 17.3 Å². The number of hydrogen-bond acceptors (Lipinski definition) is 10. The van der Waals surface area contributed by atoms with Gasteiger partial charge in [0.2, 0.25) is 0 Å². The van der Waals surface area contributed by atoms with Crippen molar-refractivity contribution in [1.82, 2.24) is 0 Å². The van der Waals surface area contributed by atoms with Gasteiger partial charge < -0.3 is 28.4 Å². The van der Waals surface area contributed by atoms with Crippen molar-refractivity contribution in [2.24, 2.45) is 0 Å². The predicted octanol–water partition coefficient (Wildman–Crippen LogP) is 1.30. The number of ether oxygens (including phenoxy) is 6. The van der Waals surface area contributed by atoms with Crippen LogP contribution in [0.1, 0.15) is 40.5 Å². The molecule has 10 nitrogen and oxygen atoms in total. The number of hydrogen-bond donors (Lipinski definition) is 0. The van der Waals surface area contributed by atoms with Gasteiger partial charge >= 0.3 is 23.9 Å². The standard InChI is InChI=1S/C18H27IO10/c1-10(20)25-9-14-15(26-11(2)21)16(27-12(3)22)17(28-13(4)23)18(29-14)24-8-6-5-7-19/h14-18H,5-9H2,1-4H3/t14-,15+,16+,17-,18+/m1/s1. The monoisotopic (exact) mass is 530 g/mol. The van der Waals surface area contributed by atoms with Crippen molar-refractivity contribution in [3.05, 3.63) is 0 Å². The van der Waals surface area contributed by atoms with E-state index in [4.69, 9.17) is 28.4 Å². The summed E-state index contributed by atoms with van der Waals surface area (Å²) >= 11 is 2.24. The Bertz CT molecular complexity index is 581. The quantitative estimate of drug-likeness (QED) is 0.134. The largest absolute Gasteiger partial charge is 0.463 e. The lowest BCUT2D eigenvalue weighted by molar-refractivity contribution is -0.308. The van der Waals surface area contributed by atoms with Crippen LogP contribution in [0.25, 0.3) is 0 Å². The Morgan fingerprint density at radius 1 is 0.793 bits per heavy atom. The van der Waals surface area contributed by atoms with E-state index < -0.39 is 54.6 Å². The summed E-state index contributed by atoms with van der Waals surface area (Å²) < 4.78 is 33.4. The summed E-state index contributed by atoms with van der Waals surface area (Å²) in [5.41, 5.74) is 0. The summed E-state index contributed by atoms with van der Waals surface area (Å²) in [5.74, 6) is -2.58. The minimum atomic E-state index is -1.20. The van der Waals surface area contributed by atoms with Crippen LogP contribution < -0.4 is 0 Å². The lowest BCUT2D eigenvalue weighted by Crippen LogP contribution is -2.63. The van der Waals surface area contributed by atoms with Crippen molar-refractivity contribution in [2.45, 2.75) is 71.2 Å². The van der Waals surface area contributed by atoms with Crippen LogP contribution in [0.3, 0.4) is 0 Å². The van der Waals surface area contributed by atoms with Crippen LogP contribution in [0.2, 0.25) is 0 Å². The number of halogens is 1. The van der Waals surface area contributed by atoms with Crippen LogP contribution >= 0.6 is 22.6 Å². The molecule has 0 radical (unpaired) electrons. The molecule has 1 saturated heterocycles. The van der Waals surface area contributed by atoms with Crippen LogP contribution in [0.5, 0.6) is 0 Å². The van der Waals surface area contributed by atoms with Gasteiger partial charge in [-0.25, -0.2) is 0 Å². The van der Waals surface area contributed by atoms with E-state index >= 15 is 0 Å². The van der Waals surface area contributed by atoms with E-state index in [9.17, 15) is 19.2 Å². The van der Waals surface area contributed by atoms with Crippen LogP contribution in [-0.4, -0.2) is 72.2 Å². The van der Waals surface area contributed by atoms with Gasteiger partial charge in [0.05, 0.1) is 0 Å². The van der Waals surface area contributed by atoms with E-state index in [-0.39, 0.29) is 6.61 Å². The number of rotatable bonds is 10. The highest BCUT2D eigenvalue weighted by atomic mass is 127. The van der Waals surface area contributed by atoms with E-state index in [0.29, 0.717) is 6.61 Å². The molecule has 0 spiro atoms. The minimum absolute atomic E-state index is 0.272. The molecule has 0 aromatic rings. The third-order valence-corrected chi connectivity index (χ3v) is 4.52. The summed E-state index contributed by atoms with van der Waals surface area (Å²) in [6.07, 6.45) is -4.01. The number of alkyl halides is 1. The van der Waals surface area contributed by atoms with Gasteiger partial charge in [-0.05, 0) is 17.3 Å². The van der Waals surface area contributed by atoms with Gasteiger partial charge in [-0.3, -0.25) is 19.2 Å². The smallest absolute Gasteiger partial charge is 0.303 e. The highest BCUT2D eigenvalue weighted by Gasteiger charge is 2.52. The zero-order valence-corrected chi connectivity index (χ0v) is 19.0. The molecule has 1 fully saturated rings. The van der Waals surface area contributed by atoms with E-state index in [2.05, 4.69) is 22.6 Å². The summed E-state index contributed by atoms with van der Waals surface area (Å²) in [5, 5.41) is 0. The Kier molecular flexibility index (Phi) is 11.4. The molecule has 1 heterocycles. The Morgan fingerprint density at radius 2 is 1.34 bits per heavy atom. The normalized spacial score (nSPS) is 26.3. The topological polar surface area (TPSA) is 124 Å². The summed E-state index contributed by atoms with van der Waals surface area (Å²) in [6.45, 7) is 4.77. The van der Waals surface area contributed by atoms with Crippen molar-refractivity contribution in [3.8, 4) is 0 Å². The minimum Gasteiger partial charge on any atom is -0.463 e. The van der Waals surface area contributed by atoms with Crippen molar-refractivity contribution in [2.75, 3.05) is 17.6 Å². The first-order valence-electron chi connectivity index (χ1n) is 9.13. The summed E-state index contributed by atoms with van der Waals surface area (Å²) in [6, 6.07) is 0. The molecular formula is C18H27IO10. The first-order chi connectivity index (χ1) is 13.6. The number of unbranched alkanes of at least 4 members (excludes halogenated alkanes) is 1. The zero-order valence-electron chi connectivity index (χ0n) is 16.9. The maximum absolute atomic E-state index is 11.7. The molecule has 0 N–H and O–H groups in total. The van der Waals surface area contributed by atoms with Gasteiger partial charge in [0.25, 0.3) is 0 Å². The summed E-state index contributed by atoms with van der Waals surface area (Å²) in [7, 11) is 0. The average Bonchev–Trinajstić information content (AvgIpc) is 2.60. The predicted molar refractivity (Wildman–Crippen MR) is 106 cm³/mol. The van der Waals surface area contributed by atoms with Gasteiger partial charge in [0.15, 0.2) is 24.6 Å². The first-order valence-corrected chi connectivity index (χ1v) is 10.7. The molecule has 11 heteroatoms. The fourth-order valence-corrected chi connectivity index (χ4v) is 3.26. The molecule has 5 atom stereocenters. The van der Waals surface area contributed by atoms with Crippen LogP contribution in [0, 0.1) is 0 Å². The molecular weight excluding hydrogens is 503 g/mol. The molecule has 0 saturated carbocycles. The van der Waals surface area contributed by atoms with Crippen LogP contribution in [0.4, 0.5) is 0 Å². The molecule has 1 rings (SSSR count). The number of esters is 4. The lowest BCUT2D eigenvalue weighted by Gasteiger charge is -2.44. The van der Waals surface area contributed by atoms with E-state index in [1.165, 1.54) is 27.7 Å². The second kappa shape index (κ2) is 13.0. The van der Waals surface area contributed by atoms with Crippen molar-refractivity contribution in [3.63, 3.8) is 0 Å². The fraction of sp³-hybridized carbons (Fsp3) is 0.778. The third kappa shape index (κ3) is 9.26. The second-order valence-electron chi connectivity index (χ2n) is 6.33. The second-order valence-corrected chi connectivity index (χ2v) is 7.41. The SMILES string of the molecule is CC(=O)OC[C@H]1O[C@H](OCCCCI)[C@H](OC(C)=O)[C@@H](OC(C)=O)[C@H]1OC(C)=O. The van der Waals surface area contributed by atoms with Gasteiger partial charge in [0.1, 0.15) is 12.7 Å². The highest BCUT2D eigenvalue weighted by Crippen LogP contribution is 2.30. The Hall–Kier alpha value is -1.47. The number of carbonyl (C=O) groups is 4. The maximum atomic E-state index is 11.7. The zero-order chi connectivity index (χ0) is 22.0. The van der Waals surface area contributed by atoms with Gasteiger partial charge in [-0.2, -0.15) is 0 Å². The van der Waals surface area contributed by atoms with E-state index in [1.807, 2.05) is 0 Å². The lowest BCUT2D eigenvalue weighted by atomic mass is 9.98. The molecule has 166 valence electrons. The molecule has 0 aliphatic carbocycles. The fourth-order valence-electron chi connectivity index (χ4n) is 2.72. The van der Waals surface area contributed by atoms with Crippen molar-refractivity contribution >= 4 is 46.5 Å². The molecule has 1 aliphatic rings. The van der Waals surface area contributed by atoms with E-state index in [1.54, 1.807) is 0 Å². The van der Waals surface area contributed by atoms with Gasteiger partial charge in [-0.15, -0.1) is 0 Å². The Labute approximate surface area is 183 Å². The molecule has 0 aromatic heterocycles. The van der Waals surface area contributed by atoms with Crippen molar-refractivity contribution in [1.29, 1.82) is 0 Å². The number of carbonyl (C=O) groups excluding carboxylic acids is 4. The Morgan fingerprint density at radius 3 is 1.86 bits per heavy atom. The van der Waals surface area contributed by atoms with Crippen molar-refractivity contribution < 1.29 is 47.6 Å². The Balaban J connectivity index is 3.17. The van der Waals surface area contributed by atoms with Crippen LogP contribution in [0.15, 0.2) is 0 Å². The molecule has 1 aliphatic heterocycles. The third-order valence-electron chi connectivity index (χ3n) is 3.76. The highest BCUT2D eigenvalue weighted by molar-refractivity contribution is 14.1. The molecule has 0 unspecified atom stereocenters. The summed E-state index contributed by atoms with van der Waals surface area (Å²) in [4.78, 5) is 46.2. The van der Waals surface area contributed by atoms with Gasteiger partial charge in [-0.1, -0.05) is 22.6 Å². The molecule has 0 bridgehead atoms. The van der Waals surface area contributed by atoms with Crippen LogP contribution in [-0.2, 0) is 47.6 Å².